The van der Waals surface area contributed by atoms with Gasteiger partial charge in [0.25, 0.3) is 0 Å². The van der Waals surface area contributed by atoms with Gasteiger partial charge in [0.05, 0.1) is 17.1 Å². The second-order valence-electron chi connectivity index (χ2n) is 4.01. The average Bonchev–Trinajstić information content (AvgIpc) is 3.00. The molecule has 0 radical (unpaired) electrons. The highest BCUT2D eigenvalue weighted by atomic mass is 32.1. The van der Waals surface area contributed by atoms with Crippen molar-refractivity contribution in [3.63, 3.8) is 0 Å². The van der Waals surface area contributed by atoms with Gasteiger partial charge in [-0.1, -0.05) is 0 Å². The zero-order valence-electron chi connectivity index (χ0n) is 10.0. The molecular formula is C11H12N6S. The second-order valence-corrected chi connectivity index (χ2v) is 4.76. The Labute approximate surface area is 108 Å². The monoisotopic (exact) mass is 260 g/mol. The molecule has 0 fully saturated rings. The van der Waals surface area contributed by atoms with Crippen molar-refractivity contribution in [1.82, 2.24) is 24.3 Å². The summed E-state index contributed by atoms with van der Waals surface area (Å²) in [5.74, 6) is 1.68. The molecule has 0 aliphatic carbocycles. The van der Waals surface area contributed by atoms with Gasteiger partial charge in [0, 0.05) is 12.4 Å². The molecule has 0 aliphatic rings. The van der Waals surface area contributed by atoms with E-state index >= 15 is 0 Å². The summed E-state index contributed by atoms with van der Waals surface area (Å²) in [7, 11) is 0. The molecule has 3 aromatic heterocycles. The third kappa shape index (κ3) is 1.82. The van der Waals surface area contributed by atoms with Crippen molar-refractivity contribution in [2.75, 3.05) is 5.32 Å². The summed E-state index contributed by atoms with van der Waals surface area (Å²) in [6.45, 7) is 3.99. The standard InChI is InChI=1S/C11H12N6S/c1-6-8-10(14-5-15-11(8)18-17-6)16-7(2)9-12-3-4-13-9/h3-5,7H,1-2H3,(H,12,13)(H,14,15,16). The van der Waals surface area contributed by atoms with E-state index < -0.39 is 0 Å². The highest BCUT2D eigenvalue weighted by Gasteiger charge is 2.14. The number of nitrogens with zero attached hydrogens (tertiary/aromatic N) is 4. The molecule has 18 heavy (non-hydrogen) atoms. The Hall–Kier alpha value is -2.02. The van der Waals surface area contributed by atoms with Crippen LogP contribution in [0.1, 0.15) is 24.5 Å². The number of rotatable bonds is 3. The molecule has 1 atom stereocenters. The van der Waals surface area contributed by atoms with Crippen LogP contribution in [-0.2, 0) is 0 Å². The SMILES string of the molecule is Cc1nsc2ncnc(NC(C)c3ncc[nH]3)c12. The van der Waals surface area contributed by atoms with Crippen molar-refractivity contribution < 1.29 is 0 Å². The minimum absolute atomic E-state index is 0.0531. The predicted octanol–water partition coefficient (Wildman–Crippen LogP) is 2.29. The summed E-state index contributed by atoms with van der Waals surface area (Å²) in [5, 5.41) is 4.32. The third-order valence-corrected chi connectivity index (χ3v) is 3.57. The van der Waals surface area contributed by atoms with Gasteiger partial charge in [-0.2, -0.15) is 4.37 Å². The normalized spacial score (nSPS) is 12.8. The lowest BCUT2D eigenvalue weighted by molar-refractivity contribution is 0.805. The number of nitrogens with one attached hydrogen (secondary N) is 2. The number of H-pyrrole nitrogens is 1. The lowest BCUT2D eigenvalue weighted by atomic mass is 10.2. The fraction of sp³-hybridized carbons (Fsp3) is 0.273. The summed E-state index contributed by atoms with van der Waals surface area (Å²) in [5.41, 5.74) is 0.949. The molecule has 92 valence electrons. The van der Waals surface area contributed by atoms with Gasteiger partial charge < -0.3 is 10.3 Å². The number of anilines is 1. The Balaban J connectivity index is 1.97. The Morgan fingerprint density at radius 3 is 3.00 bits per heavy atom. The van der Waals surface area contributed by atoms with Crippen molar-refractivity contribution >= 4 is 27.6 Å². The number of hydrogen-bond donors (Lipinski definition) is 2. The minimum atomic E-state index is 0.0531. The lowest BCUT2D eigenvalue weighted by Crippen LogP contribution is -2.10. The van der Waals surface area contributed by atoms with Crippen molar-refractivity contribution in [3.8, 4) is 0 Å². The summed E-state index contributed by atoms with van der Waals surface area (Å²) >= 11 is 1.39. The van der Waals surface area contributed by atoms with Gasteiger partial charge in [0.2, 0.25) is 0 Å². The van der Waals surface area contributed by atoms with E-state index in [-0.39, 0.29) is 6.04 Å². The molecule has 0 spiro atoms. The number of aromatic nitrogens is 5. The van der Waals surface area contributed by atoms with E-state index in [0.717, 1.165) is 27.6 Å². The van der Waals surface area contributed by atoms with Crippen molar-refractivity contribution in [2.24, 2.45) is 0 Å². The summed E-state index contributed by atoms with van der Waals surface area (Å²) < 4.78 is 4.30. The van der Waals surface area contributed by atoms with Crippen LogP contribution in [0, 0.1) is 6.92 Å². The highest BCUT2D eigenvalue weighted by molar-refractivity contribution is 7.13. The average molecular weight is 260 g/mol. The first-order chi connectivity index (χ1) is 8.75. The molecule has 0 aromatic carbocycles. The lowest BCUT2D eigenvalue weighted by Gasteiger charge is -2.12. The first-order valence-electron chi connectivity index (χ1n) is 5.58. The first kappa shape index (κ1) is 11.1. The zero-order valence-corrected chi connectivity index (χ0v) is 10.8. The summed E-state index contributed by atoms with van der Waals surface area (Å²) in [6, 6.07) is 0.0531. The molecule has 0 saturated heterocycles. The van der Waals surface area contributed by atoms with Crippen LogP contribution >= 0.6 is 11.5 Å². The molecule has 6 nitrogen and oxygen atoms in total. The maximum Gasteiger partial charge on any atom is 0.149 e. The maximum atomic E-state index is 4.30. The third-order valence-electron chi connectivity index (χ3n) is 2.73. The van der Waals surface area contributed by atoms with Crippen LogP contribution in [0.3, 0.4) is 0 Å². The Morgan fingerprint density at radius 2 is 2.22 bits per heavy atom. The fourth-order valence-corrected chi connectivity index (χ4v) is 2.56. The number of fused-ring (bicyclic) bond motifs is 1. The van der Waals surface area contributed by atoms with Gasteiger partial charge in [-0.15, -0.1) is 0 Å². The number of aryl methyl sites for hydroxylation is 1. The number of imidazole rings is 1. The molecule has 2 N–H and O–H groups in total. The molecule has 0 aliphatic heterocycles. The van der Waals surface area contributed by atoms with Gasteiger partial charge in [0.1, 0.15) is 22.8 Å². The van der Waals surface area contributed by atoms with Crippen molar-refractivity contribution in [2.45, 2.75) is 19.9 Å². The van der Waals surface area contributed by atoms with E-state index in [9.17, 15) is 0 Å². The predicted molar refractivity (Wildman–Crippen MR) is 70.6 cm³/mol. The van der Waals surface area contributed by atoms with Gasteiger partial charge in [-0.25, -0.2) is 15.0 Å². The summed E-state index contributed by atoms with van der Waals surface area (Å²) in [4.78, 5) is 16.7. The van der Waals surface area contributed by atoms with Gasteiger partial charge >= 0.3 is 0 Å². The van der Waals surface area contributed by atoms with E-state index in [4.69, 9.17) is 0 Å². The highest BCUT2D eigenvalue weighted by Crippen LogP contribution is 2.27. The molecule has 3 aromatic rings. The van der Waals surface area contributed by atoms with Gasteiger partial charge in [0.15, 0.2) is 0 Å². The Morgan fingerprint density at radius 1 is 1.33 bits per heavy atom. The smallest absolute Gasteiger partial charge is 0.149 e. The van der Waals surface area contributed by atoms with Gasteiger partial charge in [-0.05, 0) is 25.4 Å². The topological polar surface area (TPSA) is 79.4 Å². The first-order valence-corrected chi connectivity index (χ1v) is 6.36. The van der Waals surface area contributed by atoms with Crippen LogP contribution in [0.15, 0.2) is 18.7 Å². The van der Waals surface area contributed by atoms with E-state index in [2.05, 4.69) is 29.6 Å². The second kappa shape index (κ2) is 4.34. The van der Waals surface area contributed by atoms with E-state index in [1.165, 1.54) is 11.5 Å². The van der Waals surface area contributed by atoms with Crippen molar-refractivity contribution in [1.29, 1.82) is 0 Å². The van der Waals surface area contributed by atoms with Crippen LogP contribution in [0.25, 0.3) is 10.2 Å². The largest absolute Gasteiger partial charge is 0.360 e. The fourth-order valence-electron chi connectivity index (χ4n) is 1.82. The Kier molecular flexibility index (Phi) is 2.67. The molecule has 0 amide bonds. The Bertz CT molecular complexity index is 659. The molecule has 3 rings (SSSR count). The molecule has 0 saturated carbocycles. The van der Waals surface area contributed by atoms with Crippen LogP contribution in [-0.4, -0.2) is 24.3 Å². The number of aromatic amines is 1. The van der Waals surface area contributed by atoms with E-state index in [1.54, 1.807) is 18.7 Å². The molecule has 3 heterocycles. The van der Waals surface area contributed by atoms with E-state index in [1.807, 2.05) is 13.8 Å². The van der Waals surface area contributed by atoms with Crippen molar-refractivity contribution in [3.05, 3.63) is 30.2 Å². The zero-order chi connectivity index (χ0) is 12.5. The minimum Gasteiger partial charge on any atom is -0.360 e. The quantitative estimate of drug-likeness (QED) is 0.755. The molecule has 0 bridgehead atoms. The van der Waals surface area contributed by atoms with Crippen LogP contribution < -0.4 is 5.32 Å². The van der Waals surface area contributed by atoms with Gasteiger partial charge in [-0.3, -0.25) is 0 Å². The van der Waals surface area contributed by atoms with Crippen LogP contribution in [0.5, 0.6) is 0 Å². The molecule has 1 unspecified atom stereocenters. The van der Waals surface area contributed by atoms with Crippen LogP contribution in [0.2, 0.25) is 0 Å². The van der Waals surface area contributed by atoms with E-state index in [0.29, 0.717) is 0 Å². The maximum absolute atomic E-state index is 4.30. The van der Waals surface area contributed by atoms with Crippen LogP contribution in [0.4, 0.5) is 5.82 Å². The number of hydrogen-bond acceptors (Lipinski definition) is 6. The molecule has 7 heteroatoms. The summed E-state index contributed by atoms with van der Waals surface area (Å²) in [6.07, 6.45) is 5.10. The molecular weight excluding hydrogens is 248 g/mol.